The summed E-state index contributed by atoms with van der Waals surface area (Å²) in [5.41, 5.74) is 7.84. The summed E-state index contributed by atoms with van der Waals surface area (Å²) < 4.78 is 27.8. The lowest BCUT2D eigenvalue weighted by molar-refractivity contribution is 0.227. The van der Waals surface area contributed by atoms with E-state index >= 15 is 0 Å². The Morgan fingerprint density at radius 3 is 2.35 bits per heavy atom. The monoisotopic (exact) mass is 294 g/mol. The van der Waals surface area contributed by atoms with Gasteiger partial charge in [0.05, 0.1) is 4.90 Å². The Morgan fingerprint density at radius 1 is 1.15 bits per heavy atom. The fraction of sp³-hybridized carbons (Fsp3) is 0.600. The second kappa shape index (κ2) is 4.83. The van der Waals surface area contributed by atoms with Crippen LogP contribution in [0.3, 0.4) is 0 Å². The molecule has 110 valence electrons. The summed E-state index contributed by atoms with van der Waals surface area (Å²) >= 11 is 0. The molecule has 2 aliphatic rings. The summed E-state index contributed by atoms with van der Waals surface area (Å²) in [7, 11) is -3.40. The van der Waals surface area contributed by atoms with Crippen molar-refractivity contribution in [2.24, 2.45) is 5.73 Å². The third kappa shape index (κ3) is 2.18. The molecule has 2 unspecified atom stereocenters. The van der Waals surface area contributed by atoms with Gasteiger partial charge in [0.25, 0.3) is 0 Å². The van der Waals surface area contributed by atoms with Gasteiger partial charge in [-0.05, 0) is 56.7 Å². The zero-order valence-corrected chi connectivity index (χ0v) is 12.9. The van der Waals surface area contributed by atoms with Crippen LogP contribution in [-0.4, -0.2) is 30.8 Å². The molecule has 0 saturated carbocycles. The van der Waals surface area contributed by atoms with Gasteiger partial charge in [0.15, 0.2) is 0 Å². The quantitative estimate of drug-likeness (QED) is 0.906. The van der Waals surface area contributed by atoms with Crippen molar-refractivity contribution in [3.8, 4) is 0 Å². The molecule has 0 aliphatic carbocycles. The van der Waals surface area contributed by atoms with Gasteiger partial charge in [0, 0.05) is 18.1 Å². The smallest absolute Gasteiger partial charge is 0.243 e. The van der Waals surface area contributed by atoms with E-state index in [9.17, 15) is 8.42 Å². The third-order valence-electron chi connectivity index (χ3n) is 4.60. The number of nitrogens with zero attached hydrogens (tertiary/aromatic N) is 1. The number of aryl methyl sites for hydroxylation is 2. The standard InChI is InChI=1S/C15H22N2O2S/c1-10-3-4-11(2)15(7-10)20(18,19)17-13-5-6-14(17)9-12(16)8-13/h3-4,7,12-14H,5-6,8-9,16H2,1-2H3. The molecule has 0 aromatic heterocycles. The highest BCUT2D eigenvalue weighted by Gasteiger charge is 2.46. The Balaban J connectivity index is 2.03. The average molecular weight is 294 g/mol. The van der Waals surface area contributed by atoms with Gasteiger partial charge in [-0.1, -0.05) is 12.1 Å². The predicted octanol–water partition coefficient (Wildman–Crippen LogP) is 1.95. The van der Waals surface area contributed by atoms with Gasteiger partial charge in [-0.15, -0.1) is 0 Å². The summed E-state index contributed by atoms with van der Waals surface area (Å²) in [6.07, 6.45) is 3.48. The number of nitrogens with two attached hydrogens (primary N) is 1. The Labute approximate surface area is 121 Å². The highest BCUT2D eigenvalue weighted by molar-refractivity contribution is 7.89. The number of sulfonamides is 1. The van der Waals surface area contributed by atoms with Gasteiger partial charge in [0.1, 0.15) is 0 Å². The fourth-order valence-electron chi connectivity index (χ4n) is 3.67. The van der Waals surface area contributed by atoms with Crippen molar-refractivity contribution in [1.82, 2.24) is 4.31 Å². The lowest BCUT2D eigenvalue weighted by Gasteiger charge is -2.36. The fourth-order valence-corrected chi connectivity index (χ4v) is 5.87. The van der Waals surface area contributed by atoms with Crippen LogP contribution in [0.4, 0.5) is 0 Å². The largest absolute Gasteiger partial charge is 0.328 e. The van der Waals surface area contributed by atoms with Crippen LogP contribution in [0, 0.1) is 13.8 Å². The maximum atomic E-state index is 13.0. The molecule has 0 spiro atoms. The first-order chi connectivity index (χ1) is 9.39. The van der Waals surface area contributed by atoms with Gasteiger partial charge >= 0.3 is 0 Å². The average Bonchev–Trinajstić information content (AvgIpc) is 2.66. The molecular formula is C15H22N2O2S. The highest BCUT2D eigenvalue weighted by atomic mass is 32.2. The van der Waals surface area contributed by atoms with E-state index in [1.54, 1.807) is 10.4 Å². The zero-order valence-electron chi connectivity index (χ0n) is 12.0. The minimum absolute atomic E-state index is 0.0914. The first-order valence-electron chi connectivity index (χ1n) is 7.26. The van der Waals surface area contributed by atoms with Gasteiger partial charge < -0.3 is 5.73 Å². The number of fused-ring (bicyclic) bond motifs is 2. The maximum absolute atomic E-state index is 13.0. The summed E-state index contributed by atoms with van der Waals surface area (Å²) in [5.74, 6) is 0. The van der Waals surface area contributed by atoms with Crippen LogP contribution in [-0.2, 0) is 10.0 Å². The minimum atomic E-state index is -3.40. The summed E-state index contributed by atoms with van der Waals surface area (Å²) in [4.78, 5) is 0.463. The molecule has 20 heavy (non-hydrogen) atoms. The molecule has 3 rings (SSSR count). The molecule has 2 aliphatic heterocycles. The van der Waals surface area contributed by atoms with Crippen LogP contribution in [0.5, 0.6) is 0 Å². The van der Waals surface area contributed by atoms with E-state index in [0.717, 1.165) is 36.8 Å². The Morgan fingerprint density at radius 2 is 1.75 bits per heavy atom. The van der Waals surface area contributed by atoms with E-state index in [-0.39, 0.29) is 18.1 Å². The minimum Gasteiger partial charge on any atom is -0.328 e. The molecule has 2 atom stereocenters. The molecular weight excluding hydrogens is 272 g/mol. The number of hydrogen-bond acceptors (Lipinski definition) is 3. The van der Waals surface area contributed by atoms with Gasteiger partial charge in [-0.25, -0.2) is 8.42 Å². The molecule has 2 saturated heterocycles. The SMILES string of the molecule is Cc1ccc(C)c(S(=O)(=O)N2C3CCC2CC(N)C3)c1. The molecule has 1 aromatic carbocycles. The predicted molar refractivity (Wildman–Crippen MR) is 79.0 cm³/mol. The van der Waals surface area contributed by atoms with Crippen LogP contribution in [0.1, 0.15) is 36.8 Å². The van der Waals surface area contributed by atoms with E-state index in [1.165, 1.54) is 0 Å². The highest BCUT2D eigenvalue weighted by Crippen LogP contribution is 2.39. The Bertz CT molecular complexity index is 613. The third-order valence-corrected chi connectivity index (χ3v) is 6.75. The number of benzene rings is 1. The van der Waals surface area contributed by atoms with Crippen LogP contribution in [0.15, 0.2) is 23.1 Å². The van der Waals surface area contributed by atoms with E-state index in [1.807, 2.05) is 26.0 Å². The number of rotatable bonds is 2. The van der Waals surface area contributed by atoms with Crippen molar-refractivity contribution in [2.45, 2.75) is 62.6 Å². The second-order valence-electron chi connectivity index (χ2n) is 6.22. The maximum Gasteiger partial charge on any atom is 0.243 e. The number of piperidine rings is 1. The molecule has 0 amide bonds. The molecule has 2 N–H and O–H groups in total. The lowest BCUT2D eigenvalue weighted by atomic mass is 10.0. The van der Waals surface area contributed by atoms with Crippen molar-refractivity contribution in [2.75, 3.05) is 0 Å². The first-order valence-corrected chi connectivity index (χ1v) is 8.70. The molecule has 1 aromatic rings. The van der Waals surface area contributed by atoms with Crippen molar-refractivity contribution >= 4 is 10.0 Å². The van der Waals surface area contributed by atoms with Crippen molar-refractivity contribution in [3.63, 3.8) is 0 Å². The molecule has 0 radical (unpaired) electrons. The van der Waals surface area contributed by atoms with Crippen LogP contribution in [0.2, 0.25) is 0 Å². The number of hydrogen-bond donors (Lipinski definition) is 1. The molecule has 2 fully saturated rings. The van der Waals surface area contributed by atoms with Crippen molar-refractivity contribution in [1.29, 1.82) is 0 Å². The van der Waals surface area contributed by atoms with E-state index in [2.05, 4.69) is 0 Å². The molecule has 2 bridgehead atoms. The zero-order chi connectivity index (χ0) is 14.5. The first kappa shape index (κ1) is 14.0. The summed E-state index contributed by atoms with van der Waals surface area (Å²) in [6, 6.07) is 5.97. The second-order valence-corrected chi connectivity index (χ2v) is 8.03. The Kier molecular flexibility index (Phi) is 3.39. The molecule has 5 heteroatoms. The van der Waals surface area contributed by atoms with E-state index in [0.29, 0.717) is 4.90 Å². The van der Waals surface area contributed by atoms with E-state index in [4.69, 9.17) is 5.73 Å². The van der Waals surface area contributed by atoms with Crippen LogP contribution in [0.25, 0.3) is 0 Å². The summed E-state index contributed by atoms with van der Waals surface area (Å²) in [6.45, 7) is 3.79. The van der Waals surface area contributed by atoms with Crippen molar-refractivity contribution < 1.29 is 8.42 Å². The normalized spacial score (nSPS) is 30.6. The van der Waals surface area contributed by atoms with Gasteiger partial charge in [0.2, 0.25) is 10.0 Å². The van der Waals surface area contributed by atoms with E-state index < -0.39 is 10.0 Å². The van der Waals surface area contributed by atoms with Gasteiger partial charge in [-0.3, -0.25) is 0 Å². The molecule has 2 heterocycles. The van der Waals surface area contributed by atoms with Gasteiger partial charge in [-0.2, -0.15) is 4.31 Å². The van der Waals surface area contributed by atoms with Crippen LogP contribution >= 0.6 is 0 Å². The summed E-state index contributed by atoms with van der Waals surface area (Å²) in [5, 5.41) is 0. The topological polar surface area (TPSA) is 63.4 Å². The Hall–Kier alpha value is -0.910. The van der Waals surface area contributed by atoms with Crippen molar-refractivity contribution in [3.05, 3.63) is 29.3 Å². The lowest BCUT2D eigenvalue weighted by Crippen LogP contribution is -2.50. The molecule has 4 nitrogen and oxygen atoms in total. The van der Waals surface area contributed by atoms with Crippen LogP contribution < -0.4 is 5.73 Å².